The molecule has 0 aromatic heterocycles. The second kappa shape index (κ2) is 5.42. The number of Topliss-reactive ketones (excluding diaryl/α,β-unsaturated/α-hetero) is 1. The van der Waals surface area contributed by atoms with Gasteiger partial charge in [0, 0.05) is 10.9 Å². The van der Waals surface area contributed by atoms with Gasteiger partial charge in [0.1, 0.15) is 5.78 Å². The zero-order valence-electron chi connectivity index (χ0n) is 7.67. The Bertz CT molecular complexity index is 402. The van der Waals surface area contributed by atoms with Gasteiger partial charge in [-0.1, -0.05) is 28.1 Å². The fraction of sp³-hybridized carbons (Fsp3) is 0.200. The topological polar surface area (TPSA) is 54.4 Å². The van der Waals surface area contributed by atoms with Crippen LogP contribution in [0.15, 0.2) is 22.7 Å². The lowest BCUT2D eigenvalue weighted by Crippen LogP contribution is -2.09. The molecule has 0 saturated carbocycles. The number of rotatable bonds is 4. The average molecular weight is 336 g/mol. The van der Waals surface area contributed by atoms with Crippen LogP contribution in [0.4, 0.5) is 0 Å². The van der Waals surface area contributed by atoms with Gasteiger partial charge in [-0.05, 0) is 27.6 Å². The molecular formula is C10H8Br2O3. The van der Waals surface area contributed by atoms with Gasteiger partial charge in [-0.25, -0.2) is 4.79 Å². The summed E-state index contributed by atoms with van der Waals surface area (Å²) in [5, 5.41) is 9.21. The van der Waals surface area contributed by atoms with Gasteiger partial charge in [-0.15, -0.1) is 0 Å². The predicted molar refractivity (Wildman–Crippen MR) is 63.6 cm³/mol. The van der Waals surface area contributed by atoms with Gasteiger partial charge in [-0.3, -0.25) is 4.79 Å². The van der Waals surface area contributed by atoms with E-state index < -0.39 is 5.97 Å². The zero-order chi connectivity index (χ0) is 11.4. The number of carboxylic acid groups (broad SMARTS) is 1. The van der Waals surface area contributed by atoms with E-state index >= 15 is 0 Å². The van der Waals surface area contributed by atoms with Crippen molar-refractivity contribution in [1.82, 2.24) is 0 Å². The van der Waals surface area contributed by atoms with Crippen LogP contribution in [0.2, 0.25) is 0 Å². The molecule has 0 aliphatic heterocycles. The Balaban J connectivity index is 3.11. The number of hydrogen-bond acceptors (Lipinski definition) is 2. The molecule has 0 fully saturated rings. The average Bonchev–Trinajstić information content (AvgIpc) is 2.17. The minimum absolute atomic E-state index is 0.0457. The molecule has 5 heteroatoms. The normalized spacial score (nSPS) is 10.0. The fourth-order valence-corrected chi connectivity index (χ4v) is 1.99. The molecule has 0 aliphatic carbocycles. The summed E-state index contributed by atoms with van der Waals surface area (Å²) >= 11 is 6.20. The standard InChI is InChI=1S/C10H8Br2O3/c11-5-7(13)4-6-2-1-3-8(12)9(6)10(14)15/h1-3H,4-5H2,(H,14,15). The number of benzene rings is 1. The number of carbonyl (C=O) groups excluding carboxylic acids is 1. The smallest absolute Gasteiger partial charge is 0.337 e. The maximum absolute atomic E-state index is 11.2. The van der Waals surface area contributed by atoms with E-state index in [1.165, 1.54) is 0 Å². The molecular weight excluding hydrogens is 328 g/mol. The highest BCUT2D eigenvalue weighted by molar-refractivity contribution is 9.10. The van der Waals surface area contributed by atoms with Gasteiger partial charge in [0.05, 0.1) is 10.9 Å². The first kappa shape index (κ1) is 12.4. The second-order valence-electron chi connectivity index (χ2n) is 2.93. The molecule has 1 aromatic carbocycles. The van der Waals surface area contributed by atoms with E-state index in [2.05, 4.69) is 31.9 Å². The molecule has 0 atom stereocenters. The number of halogens is 2. The van der Waals surface area contributed by atoms with Crippen LogP contribution in [0.5, 0.6) is 0 Å². The summed E-state index contributed by atoms with van der Waals surface area (Å²) in [5.74, 6) is -1.07. The molecule has 0 aliphatic rings. The lowest BCUT2D eigenvalue weighted by molar-refractivity contribution is -0.115. The molecule has 1 aromatic rings. The summed E-state index contributed by atoms with van der Waals surface area (Å²) in [6.07, 6.45) is 0.131. The van der Waals surface area contributed by atoms with Crippen LogP contribution in [-0.2, 0) is 11.2 Å². The number of alkyl halides is 1. The minimum Gasteiger partial charge on any atom is -0.478 e. The van der Waals surface area contributed by atoms with E-state index in [9.17, 15) is 9.59 Å². The maximum Gasteiger partial charge on any atom is 0.337 e. The van der Waals surface area contributed by atoms with Gasteiger partial charge < -0.3 is 5.11 Å². The van der Waals surface area contributed by atoms with Gasteiger partial charge in [0.2, 0.25) is 0 Å². The van der Waals surface area contributed by atoms with E-state index in [1.807, 2.05) is 0 Å². The second-order valence-corrected chi connectivity index (χ2v) is 4.34. The highest BCUT2D eigenvalue weighted by Crippen LogP contribution is 2.21. The van der Waals surface area contributed by atoms with Crippen molar-refractivity contribution >= 4 is 43.6 Å². The van der Waals surface area contributed by atoms with Crippen molar-refractivity contribution in [1.29, 1.82) is 0 Å². The van der Waals surface area contributed by atoms with Crippen LogP contribution in [0, 0.1) is 0 Å². The molecule has 0 amide bonds. The molecule has 0 radical (unpaired) electrons. The van der Waals surface area contributed by atoms with Gasteiger partial charge >= 0.3 is 5.97 Å². The van der Waals surface area contributed by atoms with Crippen molar-refractivity contribution < 1.29 is 14.7 Å². The van der Waals surface area contributed by atoms with Crippen molar-refractivity contribution in [3.8, 4) is 0 Å². The first-order chi connectivity index (χ1) is 7.06. The third-order valence-electron chi connectivity index (χ3n) is 1.85. The molecule has 0 heterocycles. The van der Waals surface area contributed by atoms with Crippen LogP contribution in [-0.4, -0.2) is 22.2 Å². The Kier molecular flexibility index (Phi) is 4.47. The van der Waals surface area contributed by atoms with Crippen LogP contribution >= 0.6 is 31.9 Å². The van der Waals surface area contributed by atoms with Crippen molar-refractivity contribution in [2.24, 2.45) is 0 Å². The highest BCUT2D eigenvalue weighted by Gasteiger charge is 2.15. The van der Waals surface area contributed by atoms with Crippen LogP contribution in [0.25, 0.3) is 0 Å². The van der Waals surface area contributed by atoms with E-state index in [-0.39, 0.29) is 23.1 Å². The number of carbonyl (C=O) groups is 2. The number of carboxylic acids is 1. The first-order valence-electron chi connectivity index (χ1n) is 4.14. The summed E-state index contributed by atoms with van der Waals surface area (Å²) in [6, 6.07) is 5.01. The molecule has 1 N–H and O–H groups in total. The summed E-state index contributed by atoms with van der Waals surface area (Å²) in [7, 11) is 0. The Morgan fingerprint density at radius 3 is 2.53 bits per heavy atom. The minimum atomic E-state index is -1.03. The fourth-order valence-electron chi connectivity index (χ4n) is 1.22. The third-order valence-corrected chi connectivity index (χ3v) is 3.14. The predicted octanol–water partition coefficient (Wildman–Crippen LogP) is 2.65. The Labute approximate surface area is 104 Å². The Morgan fingerprint density at radius 1 is 1.33 bits per heavy atom. The highest BCUT2D eigenvalue weighted by atomic mass is 79.9. The first-order valence-corrected chi connectivity index (χ1v) is 6.06. The molecule has 0 unspecified atom stereocenters. The van der Waals surface area contributed by atoms with E-state index in [0.29, 0.717) is 10.0 Å². The van der Waals surface area contributed by atoms with Crippen molar-refractivity contribution in [3.63, 3.8) is 0 Å². The van der Waals surface area contributed by atoms with Crippen molar-refractivity contribution in [3.05, 3.63) is 33.8 Å². The zero-order valence-corrected chi connectivity index (χ0v) is 10.8. The van der Waals surface area contributed by atoms with Crippen molar-refractivity contribution in [2.75, 3.05) is 5.33 Å². The number of hydrogen-bond donors (Lipinski definition) is 1. The Morgan fingerprint density at radius 2 is 2.00 bits per heavy atom. The summed E-state index contributed by atoms with van der Waals surface area (Å²) in [6.45, 7) is 0. The maximum atomic E-state index is 11.2. The number of ketones is 1. The van der Waals surface area contributed by atoms with Gasteiger partial charge in [0.15, 0.2) is 0 Å². The summed E-state index contributed by atoms with van der Waals surface area (Å²) in [4.78, 5) is 22.2. The third kappa shape index (κ3) is 3.14. The molecule has 1 rings (SSSR count). The van der Waals surface area contributed by atoms with Gasteiger partial charge in [0.25, 0.3) is 0 Å². The molecule has 3 nitrogen and oxygen atoms in total. The molecule has 0 spiro atoms. The molecule has 0 bridgehead atoms. The quantitative estimate of drug-likeness (QED) is 0.861. The largest absolute Gasteiger partial charge is 0.478 e. The van der Waals surface area contributed by atoms with Gasteiger partial charge in [-0.2, -0.15) is 0 Å². The van der Waals surface area contributed by atoms with Crippen LogP contribution in [0.3, 0.4) is 0 Å². The monoisotopic (exact) mass is 334 g/mol. The summed E-state index contributed by atoms with van der Waals surface area (Å²) < 4.78 is 0.495. The Hall–Kier alpha value is -0.680. The summed E-state index contributed by atoms with van der Waals surface area (Å²) in [5.41, 5.74) is 0.688. The van der Waals surface area contributed by atoms with Crippen molar-refractivity contribution in [2.45, 2.75) is 6.42 Å². The molecule has 0 saturated heterocycles. The van der Waals surface area contributed by atoms with Crippen LogP contribution in [0.1, 0.15) is 15.9 Å². The van der Waals surface area contributed by atoms with E-state index in [1.54, 1.807) is 18.2 Å². The van der Waals surface area contributed by atoms with E-state index in [0.717, 1.165) is 0 Å². The molecule has 80 valence electrons. The number of aromatic carboxylic acids is 1. The lowest BCUT2D eigenvalue weighted by atomic mass is 10.0. The van der Waals surface area contributed by atoms with E-state index in [4.69, 9.17) is 5.11 Å². The SMILES string of the molecule is O=C(CBr)Cc1cccc(Br)c1C(=O)O. The molecule has 15 heavy (non-hydrogen) atoms. The lowest BCUT2D eigenvalue weighted by Gasteiger charge is -2.06. The van der Waals surface area contributed by atoms with Crippen LogP contribution < -0.4 is 0 Å².